The van der Waals surface area contributed by atoms with Crippen LogP contribution in [0.5, 0.6) is 0 Å². The molecule has 0 N–H and O–H groups in total. The van der Waals surface area contributed by atoms with Crippen LogP contribution in [0.2, 0.25) is 0 Å². The van der Waals surface area contributed by atoms with E-state index in [-0.39, 0.29) is 11.5 Å². The first-order valence-corrected chi connectivity index (χ1v) is 5.25. The van der Waals surface area contributed by atoms with Crippen molar-refractivity contribution in [2.24, 2.45) is 5.41 Å². The third kappa shape index (κ3) is 2.91. The third-order valence-electron chi connectivity index (χ3n) is 2.75. The van der Waals surface area contributed by atoms with Crippen molar-refractivity contribution in [1.29, 1.82) is 0 Å². The highest BCUT2D eigenvalue weighted by Gasteiger charge is 2.27. The standard InChI is InChI=1S/C11H19NO2/c1-11(2,9-14)8-12-6-4-3-5-10(12)7-13/h7,9-10H,3-6,8H2,1-2H3. The van der Waals surface area contributed by atoms with Crippen LogP contribution in [0.1, 0.15) is 33.1 Å². The van der Waals surface area contributed by atoms with Crippen LogP contribution in [-0.4, -0.2) is 36.6 Å². The molecule has 3 nitrogen and oxygen atoms in total. The average molecular weight is 197 g/mol. The van der Waals surface area contributed by atoms with Crippen molar-refractivity contribution in [1.82, 2.24) is 4.90 Å². The first kappa shape index (κ1) is 11.4. The molecule has 0 bridgehead atoms. The first-order valence-electron chi connectivity index (χ1n) is 5.25. The van der Waals surface area contributed by atoms with Gasteiger partial charge in [0.1, 0.15) is 12.6 Å². The maximum atomic E-state index is 10.8. The van der Waals surface area contributed by atoms with Crippen LogP contribution in [-0.2, 0) is 9.59 Å². The Morgan fingerprint density at radius 2 is 2.07 bits per heavy atom. The number of likely N-dealkylation sites (tertiary alicyclic amines) is 1. The van der Waals surface area contributed by atoms with Gasteiger partial charge in [-0.3, -0.25) is 4.90 Å². The van der Waals surface area contributed by atoms with Gasteiger partial charge in [-0.2, -0.15) is 0 Å². The molecule has 0 spiro atoms. The molecule has 1 atom stereocenters. The van der Waals surface area contributed by atoms with E-state index in [1.807, 2.05) is 13.8 Å². The van der Waals surface area contributed by atoms with Gasteiger partial charge in [0.15, 0.2) is 0 Å². The van der Waals surface area contributed by atoms with Crippen molar-refractivity contribution >= 4 is 12.6 Å². The fourth-order valence-corrected chi connectivity index (χ4v) is 1.93. The minimum Gasteiger partial charge on any atom is -0.303 e. The number of hydrogen-bond donors (Lipinski definition) is 0. The second-order valence-corrected chi connectivity index (χ2v) is 4.78. The lowest BCUT2D eigenvalue weighted by Crippen LogP contribution is -2.45. The number of rotatable bonds is 4. The molecule has 1 aliphatic heterocycles. The van der Waals surface area contributed by atoms with Crippen molar-refractivity contribution in [3.8, 4) is 0 Å². The molecule has 0 radical (unpaired) electrons. The zero-order valence-corrected chi connectivity index (χ0v) is 9.03. The molecule has 0 amide bonds. The molecular weight excluding hydrogens is 178 g/mol. The maximum absolute atomic E-state index is 10.8. The van der Waals surface area contributed by atoms with E-state index in [0.29, 0.717) is 6.54 Å². The first-order chi connectivity index (χ1) is 6.59. The van der Waals surface area contributed by atoms with Gasteiger partial charge in [-0.25, -0.2) is 0 Å². The van der Waals surface area contributed by atoms with Crippen molar-refractivity contribution < 1.29 is 9.59 Å². The molecule has 80 valence electrons. The van der Waals surface area contributed by atoms with Crippen molar-refractivity contribution in [3.63, 3.8) is 0 Å². The Labute approximate surface area is 85.5 Å². The van der Waals surface area contributed by atoms with Gasteiger partial charge in [-0.15, -0.1) is 0 Å². The van der Waals surface area contributed by atoms with Crippen LogP contribution >= 0.6 is 0 Å². The molecule has 1 saturated heterocycles. The number of nitrogens with zero attached hydrogens (tertiary/aromatic N) is 1. The number of piperidine rings is 1. The lowest BCUT2D eigenvalue weighted by atomic mass is 9.92. The summed E-state index contributed by atoms with van der Waals surface area (Å²) in [7, 11) is 0. The van der Waals surface area contributed by atoms with Gasteiger partial charge in [0.25, 0.3) is 0 Å². The fraction of sp³-hybridized carbons (Fsp3) is 0.818. The molecule has 3 heteroatoms. The van der Waals surface area contributed by atoms with Crippen molar-refractivity contribution in [2.75, 3.05) is 13.1 Å². The van der Waals surface area contributed by atoms with E-state index in [1.54, 1.807) is 0 Å². The highest BCUT2D eigenvalue weighted by molar-refractivity contribution is 5.60. The molecule has 1 fully saturated rings. The monoisotopic (exact) mass is 197 g/mol. The molecule has 1 aliphatic rings. The summed E-state index contributed by atoms with van der Waals surface area (Å²) in [6.45, 7) is 5.47. The zero-order valence-electron chi connectivity index (χ0n) is 9.03. The van der Waals surface area contributed by atoms with Crippen LogP contribution in [0.15, 0.2) is 0 Å². The molecule has 1 rings (SSSR count). The second-order valence-electron chi connectivity index (χ2n) is 4.78. The van der Waals surface area contributed by atoms with Gasteiger partial charge in [0.05, 0.1) is 6.04 Å². The zero-order chi connectivity index (χ0) is 10.6. The van der Waals surface area contributed by atoms with E-state index < -0.39 is 0 Å². The van der Waals surface area contributed by atoms with Crippen LogP contribution in [0.3, 0.4) is 0 Å². The summed E-state index contributed by atoms with van der Waals surface area (Å²) >= 11 is 0. The summed E-state index contributed by atoms with van der Waals surface area (Å²) in [4.78, 5) is 23.7. The van der Waals surface area contributed by atoms with Crippen LogP contribution in [0.25, 0.3) is 0 Å². The Morgan fingerprint density at radius 3 is 2.64 bits per heavy atom. The maximum Gasteiger partial charge on any atom is 0.137 e. The molecular formula is C11H19NO2. The third-order valence-corrected chi connectivity index (χ3v) is 2.75. The fourth-order valence-electron chi connectivity index (χ4n) is 1.93. The Bertz CT molecular complexity index is 213. The minimum atomic E-state index is -0.335. The highest BCUT2D eigenvalue weighted by Crippen LogP contribution is 2.21. The van der Waals surface area contributed by atoms with Crippen LogP contribution in [0, 0.1) is 5.41 Å². The van der Waals surface area contributed by atoms with Gasteiger partial charge in [-0.1, -0.05) is 20.3 Å². The minimum absolute atomic E-state index is 0.0305. The number of carbonyl (C=O) groups is 2. The van der Waals surface area contributed by atoms with E-state index in [1.165, 1.54) is 0 Å². The molecule has 0 aromatic rings. The summed E-state index contributed by atoms with van der Waals surface area (Å²) in [5.74, 6) is 0. The van der Waals surface area contributed by atoms with Crippen molar-refractivity contribution in [3.05, 3.63) is 0 Å². The molecule has 0 aromatic heterocycles. The van der Waals surface area contributed by atoms with E-state index in [0.717, 1.165) is 38.4 Å². The van der Waals surface area contributed by atoms with Gasteiger partial charge >= 0.3 is 0 Å². The summed E-state index contributed by atoms with van der Waals surface area (Å²) in [5, 5.41) is 0. The summed E-state index contributed by atoms with van der Waals surface area (Å²) < 4.78 is 0. The largest absolute Gasteiger partial charge is 0.303 e. The predicted octanol–water partition coefficient (Wildman–Crippen LogP) is 1.26. The lowest BCUT2D eigenvalue weighted by Gasteiger charge is -2.36. The molecule has 1 unspecified atom stereocenters. The topological polar surface area (TPSA) is 37.4 Å². The lowest BCUT2D eigenvalue weighted by molar-refractivity contribution is -0.119. The smallest absolute Gasteiger partial charge is 0.137 e. The number of hydrogen-bond acceptors (Lipinski definition) is 3. The van der Waals surface area contributed by atoms with Gasteiger partial charge < -0.3 is 9.59 Å². The molecule has 0 saturated carbocycles. The number of aldehydes is 2. The summed E-state index contributed by atoms with van der Waals surface area (Å²) in [6, 6.07) is 0.0305. The number of carbonyl (C=O) groups excluding carboxylic acids is 2. The highest BCUT2D eigenvalue weighted by atomic mass is 16.1. The quantitative estimate of drug-likeness (QED) is 0.637. The Kier molecular flexibility index (Phi) is 3.81. The van der Waals surface area contributed by atoms with Crippen LogP contribution < -0.4 is 0 Å². The van der Waals surface area contributed by atoms with Gasteiger partial charge in [-0.05, 0) is 19.4 Å². The molecule has 14 heavy (non-hydrogen) atoms. The van der Waals surface area contributed by atoms with E-state index in [2.05, 4.69) is 4.90 Å². The van der Waals surface area contributed by atoms with Crippen molar-refractivity contribution in [2.45, 2.75) is 39.2 Å². The van der Waals surface area contributed by atoms with Crippen LogP contribution in [0.4, 0.5) is 0 Å². The second kappa shape index (κ2) is 4.69. The van der Waals surface area contributed by atoms with Gasteiger partial charge in [0, 0.05) is 12.0 Å². The van der Waals surface area contributed by atoms with E-state index >= 15 is 0 Å². The molecule has 0 aromatic carbocycles. The normalized spacial score (nSPS) is 24.6. The summed E-state index contributed by atoms with van der Waals surface area (Å²) in [6.07, 6.45) is 5.20. The Hall–Kier alpha value is -0.700. The summed E-state index contributed by atoms with van der Waals surface area (Å²) in [5.41, 5.74) is -0.335. The van der Waals surface area contributed by atoms with Gasteiger partial charge in [0.2, 0.25) is 0 Å². The Balaban J connectivity index is 2.56. The predicted molar refractivity (Wildman–Crippen MR) is 55.1 cm³/mol. The van der Waals surface area contributed by atoms with E-state index in [4.69, 9.17) is 0 Å². The Morgan fingerprint density at radius 1 is 1.36 bits per heavy atom. The SMILES string of the molecule is CC(C)(C=O)CN1CCCCC1C=O. The molecule has 1 heterocycles. The molecule has 0 aliphatic carbocycles. The van der Waals surface area contributed by atoms with E-state index in [9.17, 15) is 9.59 Å². The average Bonchev–Trinajstić information content (AvgIpc) is 2.18.